The molecule has 3 heteroatoms. The van der Waals surface area contributed by atoms with E-state index in [0.717, 1.165) is 11.3 Å². The standard InChI is InChI=1S/C12H18O2S/c1-9(2)14-11-6-4-5-10(7-11)12(13)8-15-3/h4-7,9,12-13H,8H2,1-3H3. The molecule has 1 unspecified atom stereocenters. The average Bonchev–Trinajstić information content (AvgIpc) is 2.17. The highest BCUT2D eigenvalue weighted by Gasteiger charge is 2.07. The van der Waals surface area contributed by atoms with E-state index in [9.17, 15) is 5.11 Å². The molecule has 0 aliphatic carbocycles. The van der Waals surface area contributed by atoms with Crippen molar-refractivity contribution in [1.82, 2.24) is 0 Å². The molecule has 1 aromatic rings. The van der Waals surface area contributed by atoms with Gasteiger partial charge in [0.2, 0.25) is 0 Å². The van der Waals surface area contributed by atoms with E-state index in [1.807, 2.05) is 44.4 Å². The summed E-state index contributed by atoms with van der Waals surface area (Å²) in [5.41, 5.74) is 0.919. The second kappa shape index (κ2) is 6.03. The van der Waals surface area contributed by atoms with E-state index in [2.05, 4.69) is 0 Å². The van der Waals surface area contributed by atoms with Crippen molar-refractivity contribution in [2.24, 2.45) is 0 Å². The molecule has 2 nitrogen and oxygen atoms in total. The van der Waals surface area contributed by atoms with Gasteiger partial charge in [0.25, 0.3) is 0 Å². The Morgan fingerprint density at radius 2 is 2.13 bits per heavy atom. The van der Waals surface area contributed by atoms with E-state index in [1.165, 1.54) is 0 Å². The Kier molecular flexibility index (Phi) is 4.99. The average molecular weight is 226 g/mol. The van der Waals surface area contributed by atoms with Crippen LogP contribution >= 0.6 is 11.8 Å². The largest absolute Gasteiger partial charge is 0.491 e. The first kappa shape index (κ1) is 12.4. The van der Waals surface area contributed by atoms with Gasteiger partial charge in [-0.2, -0.15) is 11.8 Å². The first-order chi connectivity index (χ1) is 7.13. The lowest BCUT2D eigenvalue weighted by molar-refractivity contribution is 0.202. The van der Waals surface area contributed by atoms with E-state index in [1.54, 1.807) is 11.8 Å². The highest BCUT2D eigenvalue weighted by molar-refractivity contribution is 7.98. The SMILES string of the molecule is CSCC(O)c1cccc(OC(C)C)c1. The maximum Gasteiger partial charge on any atom is 0.120 e. The summed E-state index contributed by atoms with van der Waals surface area (Å²) in [4.78, 5) is 0. The molecule has 0 aliphatic heterocycles. The first-order valence-electron chi connectivity index (χ1n) is 5.07. The van der Waals surface area contributed by atoms with E-state index in [-0.39, 0.29) is 6.10 Å². The van der Waals surface area contributed by atoms with Gasteiger partial charge < -0.3 is 9.84 Å². The Labute approximate surface area is 95.7 Å². The molecule has 0 spiro atoms. The molecule has 0 bridgehead atoms. The molecule has 0 saturated heterocycles. The number of thioether (sulfide) groups is 1. The molecule has 0 saturated carbocycles. The summed E-state index contributed by atoms with van der Waals surface area (Å²) >= 11 is 1.63. The summed E-state index contributed by atoms with van der Waals surface area (Å²) in [7, 11) is 0. The molecule has 0 fully saturated rings. The van der Waals surface area contributed by atoms with Gasteiger partial charge in [0, 0.05) is 5.75 Å². The molecule has 1 aromatic carbocycles. The third-order valence-electron chi connectivity index (χ3n) is 1.94. The Hall–Kier alpha value is -0.670. The topological polar surface area (TPSA) is 29.5 Å². The predicted octanol–water partition coefficient (Wildman–Crippen LogP) is 2.87. The zero-order valence-corrected chi connectivity index (χ0v) is 10.3. The van der Waals surface area contributed by atoms with E-state index < -0.39 is 6.10 Å². The van der Waals surface area contributed by atoms with E-state index in [4.69, 9.17) is 4.74 Å². The lowest BCUT2D eigenvalue weighted by Crippen LogP contribution is -2.06. The smallest absolute Gasteiger partial charge is 0.120 e. The molecule has 1 atom stereocenters. The van der Waals surface area contributed by atoms with Crippen LogP contribution < -0.4 is 4.74 Å². The predicted molar refractivity (Wildman–Crippen MR) is 65.5 cm³/mol. The third kappa shape index (κ3) is 4.14. The number of benzene rings is 1. The van der Waals surface area contributed by atoms with Gasteiger partial charge in [-0.1, -0.05) is 12.1 Å². The highest BCUT2D eigenvalue weighted by Crippen LogP contribution is 2.22. The van der Waals surface area contributed by atoms with Crippen LogP contribution in [0.3, 0.4) is 0 Å². The van der Waals surface area contributed by atoms with Crippen molar-refractivity contribution in [3.63, 3.8) is 0 Å². The number of aliphatic hydroxyl groups excluding tert-OH is 1. The van der Waals surface area contributed by atoms with Crippen LogP contribution in [0.25, 0.3) is 0 Å². The van der Waals surface area contributed by atoms with Crippen LogP contribution in [0.5, 0.6) is 5.75 Å². The van der Waals surface area contributed by atoms with E-state index >= 15 is 0 Å². The quantitative estimate of drug-likeness (QED) is 0.837. The summed E-state index contributed by atoms with van der Waals surface area (Å²) in [6, 6.07) is 7.65. The molecular weight excluding hydrogens is 208 g/mol. The molecule has 15 heavy (non-hydrogen) atoms. The zero-order chi connectivity index (χ0) is 11.3. The Balaban J connectivity index is 2.73. The van der Waals surface area contributed by atoms with Crippen molar-refractivity contribution in [2.45, 2.75) is 26.1 Å². The van der Waals surface area contributed by atoms with Crippen molar-refractivity contribution in [3.8, 4) is 5.75 Å². The lowest BCUT2D eigenvalue weighted by atomic mass is 10.1. The van der Waals surface area contributed by atoms with Gasteiger partial charge in [-0.25, -0.2) is 0 Å². The fraction of sp³-hybridized carbons (Fsp3) is 0.500. The fourth-order valence-electron chi connectivity index (χ4n) is 1.32. The van der Waals surface area contributed by atoms with Crippen LogP contribution in [0.15, 0.2) is 24.3 Å². The van der Waals surface area contributed by atoms with Crippen molar-refractivity contribution in [1.29, 1.82) is 0 Å². The minimum Gasteiger partial charge on any atom is -0.491 e. The van der Waals surface area contributed by atoms with Crippen molar-refractivity contribution >= 4 is 11.8 Å². The molecular formula is C12H18O2S. The summed E-state index contributed by atoms with van der Waals surface area (Å²) < 4.78 is 5.57. The van der Waals surface area contributed by atoms with Crippen LogP contribution in [0.4, 0.5) is 0 Å². The zero-order valence-electron chi connectivity index (χ0n) is 9.43. The summed E-state index contributed by atoms with van der Waals surface area (Å²) in [5.74, 6) is 1.54. The van der Waals surface area contributed by atoms with Gasteiger partial charge in [-0.05, 0) is 37.8 Å². The lowest BCUT2D eigenvalue weighted by Gasteiger charge is -2.13. The molecule has 0 amide bonds. The Morgan fingerprint density at radius 3 is 2.73 bits per heavy atom. The first-order valence-corrected chi connectivity index (χ1v) is 6.46. The summed E-state index contributed by atoms with van der Waals surface area (Å²) in [6.07, 6.45) is 1.74. The molecule has 0 heterocycles. The van der Waals surface area contributed by atoms with Crippen LogP contribution in [0.1, 0.15) is 25.5 Å². The van der Waals surface area contributed by atoms with Gasteiger partial charge in [-0.15, -0.1) is 0 Å². The van der Waals surface area contributed by atoms with Gasteiger partial charge in [0.15, 0.2) is 0 Å². The van der Waals surface area contributed by atoms with Crippen LogP contribution in [0.2, 0.25) is 0 Å². The highest BCUT2D eigenvalue weighted by atomic mass is 32.2. The Bertz CT molecular complexity index is 299. The maximum atomic E-state index is 9.80. The second-order valence-electron chi connectivity index (χ2n) is 3.71. The third-order valence-corrected chi connectivity index (χ3v) is 2.59. The van der Waals surface area contributed by atoms with E-state index in [0.29, 0.717) is 5.75 Å². The minimum atomic E-state index is -0.407. The van der Waals surface area contributed by atoms with Crippen LogP contribution in [-0.4, -0.2) is 23.2 Å². The monoisotopic (exact) mass is 226 g/mol. The summed E-state index contributed by atoms with van der Waals surface area (Å²) in [5, 5.41) is 9.80. The molecule has 0 aromatic heterocycles. The normalized spacial score (nSPS) is 12.9. The van der Waals surface area contributed by atoms with Gasteiger partial charge in [-0.3, -0.25) is 0 Å². The molecule has 0 radical (unpaired) electrons. The van der Waals surface area contributed by atoms with Gasteiger partial charge in [0.05, 0.1) is 12.2 Å². The second-order valence-corrected chi connectivity index (χ2v) is 4.62. The van der Waals surface area contributed by atoms with Crippen molar-refractivity contribution < 1.29 is 9.84 Å². The Morgan fingerprint density at radius 1 is 1.40 bits per heavy atom. The molecule has 1 rings (SSSR count). The number of aliphatic hydroxyl groups is 1. The number of rotatable bonds is 5. The van der Waals surface area contributed by atoms with Gasteiger partial charge >= 0.3 is 0 Å². The fourth-order valence-corrected chi connectivity index (χ4v) is 1.83. The number of hydrogen-bond donors (Lipinski definition) is 1. The van der Waals surface area contributed by atoms with Crippen molar-refractivity contribution in [3.05, 3.63) is 29.8 Å². The maximum absolute atomic E-state index is 9.80. The van der Waals surface area contributed by atoms with Gasteiger partial charge in [0.1, 0.15) is 5.75 Å². The minimum absolute atomic E-state index is 0.165. The molecule has 1 N–H and O–H groups in total. The number of ether oxygens (including phenoxy) is 1. The van der Waals surface area contributed by atoms with Crippen LogP contribution in [0, 0.1) is 0 Å². The van der Waals surface area contributed by atoms with Crippen molar-refractivity contribution in [2.75, 3.05) is 12.0 Å². The summed E-state index contributed by atoms with van der Waals surface area (Å²) in [6.45, 7) is 3.98. The molecule has 84 valence electrons. The molecule has 0 aliphatic rings. The van der Waals surface area contributed by atoms with Crippen LogP contribution in [-0.2, 0) is 0 Å². The number of hydrogen-bond acceptors (Lipinski definition) is 3.